The Kier molecular flexibility index (Phi) is 3.77. The maximum Gasteiger partial charge on any atom is 0.573 e. The lowest BCUT2D eigenvalue weighted by atomic mass is 10.1. The van der Waals surface area contributed by atoms with Crippen molar-refractivity contribution in [2.75, 3.05) is 0 Å². The second-order valence-electron chi connectivity index (χ2n) is 4.70. The van der Waals surface area contributed by atoms with E-state index in [1.807, 2.05) is 0 Å². The van der Waals surface area contributed by atoms with Crippen LogP contribution < -0.4 is 4.74 Å². The molecule has 0 atom stereocenters. The molecule has 0 radical (unpaired) electrons. The highest BCUT2D eigenvalue weighted by molar-refractivity contribution is 5.61. The van der Waals surface area contributed by atoms with Crippen molar-refractivity contribution in [3.63, 3.8) is 0 Å². The van der Waals surface area contributed by atoms with Gasteiger partial charge in [0.05, 0.1) is 5.69 Å². The fourth-order valence-electron chi connectivity index (χ4n) is 1.99. The number of benzene rings is 1. The SMILES string of the molecule is Fc1cc(-c2ccc3nnc(C(F)(F)F)n3n2)ccc1OC(F)(F)F. The second-order valence-corrected chi connectivity index (χ2v) is 4.70. The first-order valence-corrected chi connectivity index (χ1v) is 6.40. The Morgan fingerprint density at radius 3 is 2.24 bits per heavy atom. The third kappa shape index (κ3) is 3.46. The zero-order valence-electron chi connectivity index (χ0n) is 11.7. The van der Waals surface area contributed by atoms with Crippen LogP contribution in [0.3, 0.4) is 0 Å². The molecule has 25 heavy (non-hydrogen) atoms. The van der Waals surface area contributed by atoms with Crippen LogP contribution in [-0.2, 0) is 6.18 Å². The molecule has 0 aliphatic carbocycles. The molecule has 0 fully saturated rings. The summed E-state index contributed by atoms with van der Waals surface area (Å²) in [5, 5.41) is 9.94. The fraction of sp³-hybridized carbons (Fsp3) is 0.154. The van der Waals surface area contributed by atoms with Gasteiger partial charge in [-0.2, -0.15) is 22.8 Å². The van der Waals surface area contributed by atoms with Gasteiger partial charge >= 0.3 is 12.5 Å². The van der Waals surface area contributed by atoms with Gasteiger partial charge in [0.15, 0.2) is 17.2 Å². The molecule has 0 bridgehead atoms. The van der Waals surface area contributed by atoms with Gasteiger partial charge in [0.1, 0.15) is 0 Å². The van der Waals surface area contributed by atoms with Gasteiger partial charge in [-0.3, -0.25) is 0 Å². The lowest BCUT2D eigenvalue weighted by molar-refractivity contribution is -0.275. The summed E-state index contributed by atoms with van der Waals surface area (Å²) >= 11 is 0. The number of halogens is 7. The van der Waals surface area contributed by atoms with Gasteiger partial charge in [0.2, 0.25) is 0 Å². The zero-order chi connectivity index (χ0) is 18.4. The number of rotatable bonds is 2. The first kappa shape index (κ1) is 16.9. The van der Waals surface area contributed by atoms with Gasteiger partial charge in [0, 0.05) is 5.56 Å². The van der Waals surface area contributed by atoms with Gasteiger partial charge in [0.25, 0.3) is 5.82 Å². The minimum Gasteiger partial charge on any atom is -0.403 e. The second kappa shape index (κ2) is 5.57. The molecular weight excluding hydrogens is 361 g/mol. The van der Waals surface area contributed by atoms with Crippen molar-refractivity contribution in [1.29, 1.82) is 0 Å². The summed E-state index contributed by atoms with van der Waals surface area (Å²) in [7, 11) is 0. The molecule has 0 saturated carbocycles. The van der Waals surface area contributed by atoms with E-state index in [4.69, 9.17) is 0 Å². The lowest BCUT2D eigenvalue weighted by Crippen LogP contribution is -2.17. The van der Waals surface area contributed by atoms with E-state index < -0.39 is 29.9 Å². The van der Waals surface area contributed by atoms with E-state index in [2.05, 4.69) is 20.0 Å². The largest absolute Gasteiger partial charge is 0.573 e. The number of nitrogens with zero attached hydrogens (tertiary/aromatic N) is 4. The van der Waals surface area contributed by atoms with Gasteiger partial charge in [-0.25, -0.2) is 4.39 Å². The Labute approximate surface area is 133 Å². The monoisotopic (exact) mass is 366 g/mol. The Bertz CT molecular complexity index is 932. The summed E-state index contributed by atoms with van der Waals surface area (Å²) in [5.41, 5.74) is -0.389. The van der Waals surface area contributed by atoms with Gasteiger partial charge in [-0.15, -0.1) is 23.4 Å². The summed E-state index contributed by atoms with van der Waals surface area (Å²) in [6, 6.07) is 4.76. The summed E-state index contributed by atoms with van der Waals surface area (Å²) in [4.78, 5) is 0. The molecule has 2 heterocycles. The molecule has 0 spiro atoms. The highest BCUT2D eigenvalue weighted by atomic mass is 19.4. The quantitative estimate of drug-likeness (QED) is 0.647. The average molecular weight is 366 g/mol. The van der Waals surface area contributed by atoms with Crippen molar-refractivity contribution in [1.82, 2.24) is 19.8 Å². The van der Waals surface area contributed by atoms with Crippen molar-refractivity contribution in [3.05, 3.63) is 42.0 Å². The number of ether oxygens (including phenoxy) is 1. The van der Waals surface area contributed by atoms with Crippen LogP contribution in [0.5, 0.6) is 5.75 Å². The Balaban J connectivity index is 2.03. The van der Waals surface area contributed by atoms with Crippen LogP contribution in [0.15, 0.2) is 30.3 Å². The van der Waals surface area contributed by atoms with E-state index in [-0.39, 0.29) is 16.9 Å². The molecule has 0 amide bonds. The Morgan fingerprint density at radius 1 is 0.920 bits per heavy atom. The number of fused-ring (bicyclic) bond motifs is 1. The lowest BCUT2D eigenvalue weighted by Gasteiger charge is -2.10. The number of aromatic nitrogens is 4. The zero-order valence-corrected chi connectivity index (χ0v) is 11.7. The maximum atomic E-state index is 13.7. The molecule has 0 saturated heterocycles. The van der Waals surface area contributed by atoms with E-state index in [0.29, 0.717) is 16.6 Å². The third-order valence-corrected chi connectivity index (χ3v) is 2.97. The van der Waals surface area contributed by atoms with Crippen molar-refractivity contribution in [3.8, 4) is 17.0 Å². The molecule has 1 aromatic carbocycles. The van der Waals surface area contributed by atoms with Gasteiger partial charge in [-0.1, -0.05) is 0 Å². The number of alkyl halides is 6. The van der Waals surface area contributed by atoms with Crippen molar-refractivity contribution >= 4 is 5.65 Å². The first-order chi connectivity index (χ1) is 11.5. The molecule has 2 aromatic heterocycles. The molecule has 12 heteroatoms. The van der Waals surface area contributed by atoms with Crippen LogP contribution >= 0.6 is 0 Å². The Hall–Kier alpha value is -2.92. The minimum atomic E-state index is -5.08. The summed E-state index contributed by atoms with van der Waals surface area (Å²) in [5.74, 6) is -3.81. The minimum absolute atomic E-state index is 0.0595. The van der Waals surface area contributed by atoms with E-state index in [0.717, 1.165) is 12.1 Å². The fourth-order valence-corrected chi connectivity index (χ4v) is 1.99. The van der Waals surface area contributed by atoms with Crippen LogP contribution in [0.2, 0.25) is 0 Å². The van der Waals surface area contributed by atoms with Crippen LogP contribution in [0.25, 0.3) is 16.9 Å². The van der Waals surface area contributed by atoms with E-state index in [9.17, 15) is 30.7 Å². The molecule has 0 aliphatic heterocycles. The molecule has 0 unspecified atom stereocenters. The third-order valence-electron chi connectivity index (χ3n) is 2.97. The van der Waals surface area contributed by atoms with Crippen molar-refractivity contribution in [2.45, 2.75) is 12.5 Å². The van der Waals surface area contributed by atoms with E-state index >= 15 is 0 Å². The predicted molar refractivity (Wildman–Crippen MR) is 67.9 cm³/mol. The van der Waals surface area contributed by atoms with Crippen LogP contribution in [-0.4, -0.2) is 26.2 Å². The van der Waals surface area contributed by atoms with Crippen LogP contribution in [0, 0.1) is 5.82 Å². The summed E-state index contributed by atoms with van der Waals surface area (Å²) < 4.78 is 92.4. The highest BCUT2D eigenvalue weighted by Crippen LogP contribution is 2.30. The summed E-state index contributed by atoms with van der Waals surface area (Å²) in [6.45, 7) is 0. The van der Waals surface area contributed by atoms with Gasteiger partial charge in [-0.05, 0) is 30.3 Å². The maximum absolute atomic E-state index is 13.7. The van der Waals surface area contributed by atoms with E-state index in [1.54, 1.807) is 0 Å². The van der Waals surface area contributed by atoms with E-state index in [1.165, 1.54) is 6.07 Å². The Morgan fingerprint density at radius 2 is 1.64 bits per heavy atom. The standard InChI is InChI=1S/C13H5F7N4O/c14-7-5-6(1-3-9(7)25-13(18,19)20)8-2-4-10-21-22-11(12(15,16)17)24(10)23-8/h1-5H. The topological polar surface area (TPSA) is 52.3 Å². The average Bonchev–Trinajstić information content (AvgIpc) is 2.91. The molecule has 3 rings (SSSR count). The first-order valence-electron chi connectivity index (χ1n) is 6.40. The number of hydrogen-bond donors (Lipinski definition) is 0. The smallest absolute Gasteiger partial charge is 0.403 e. The molecule has 132 valence electrons. The van der Waals surface area contributed by atoms with Crippen LogP contribution in [0.4, 0.5) is 30.7 Å². The van der Waals surface area contributed by atoms with Gasteiger partial charge < -0.3 is 4.74 Å². The molecule has 0 N–H and O–H groups in total. The normalized spacial score (nSPS) is 12.6. The number of hydrogen-bond acceptors (Lipinski definition) is 4. The molecular formula is C13H5F7N4O. The highest BCUT2D eigenvalue weighted by Gasteiger charge is 2.37. The van der Waals surface area contributed by atoms with Crippen molar-refractivity contribution < 1.29 is 35.5 Å². The predicted octanol–water partition coefficient (Wildman–Crippen LogP) is 3.85. The molecule has 0 aliphatic rings. The molecule has 5 nitrogen and oxygen atoms in total. The summed E-state index contributed by atoms with van der Waals surface area (Å²) in [6.07, 6.45) is -9.90. The van der Waals surface area contributed by atoms with Crippen molar-refractivity contribution in [2.24, 2.45) is 0 Å². The molecule has 3 aromatic rings. The van der Waals surface area contributed by atoms with Crippen LogP contribution in [0.1, 0.15) is 5.82 Å².